The molecular formula is C28H25N7O2. The van der Waals surface area contributed by atoms with Crippen LogP contribution in [0.1, 0.15) is 43.1 Å². The Bertz CT molecular complexity index is 1620. The van der Waals surface area contributed by atoms with E-state index in [0.717, 1.165) is 46.6 Å². The maximum Gasteiger partial charge on any atom is 0.226 e. The standard InChI is InChI=1S/C28H25N7O2/c1-15-12-19(14-30-32-15)18-6-8-20(9-7-18)35-26-21(24(33-35)27-31-17(3)37-34-27)10-11-22-16(2)25(36)23(29-5)13-28(22,26)4/h6-9,12-14,16,22H,10-11H2,1-4H3/t16-,22-,28-/m1/s1. The van der Waals surface area contributed by atoms with Crippen molar-refractivity contribution in [3.8, 4) is 28.3 Å². The minimum absolute atomic E-state index is 0.0541. The van der Waals surface area contributed by atoms with E-state index in [9.17, 15) is 4.79 Å². The number of rotatable bonds is 3. The fourth-order valence-electron chi connectivity index (χ4n) is 6.01. The average molecular weight is 492 g/mol. The Kier molecular flexibility index (Phi) is 5.16. The van der Waals surface area contributed by atoms with Gasteiger partial charge in [0.15, 0.2) is 5.78 Å². The van der Waals surface area contributed by atoms with Crippen molar-refractivity contribution in [2.24, 2.45) is 11.8 Å². The van der Waals surface area contributed by atoms with Gasteiger partial charge in [-0.3, -0.25) is 0 Å². The summed E-state index contributed by atoms with van der Waals surface area (Å²) in [6, 6.07) is 10.1. The fourth-order valence-corrected chi connectivity index (χ4v) is 6.01. The molecule has 9 nitrogen and oxygen atoms in total. The summed E-state index contributed by atoms with van der Waals surface area (Å²) in [5.74, 6) is 0.635. The third kappa shape index (κ3) is 3.51. The van der Waals surface area contributed by atoms with E-state index in [1.165, 1.54) is 0 Å². The van der Waals surface area contributed by atoms with Gasteiger partial charge in [0, 0.05) is 29.4 Å². The Morgan fingerprint density at radius 2 is 1.97 bits per heavy atom. The summed E-state index contributed by atoms with van der Waals surface area (Å²) in [7, 11) is 0. The lowest BCUT2D eigenvalue weighted by Crippen LogP contribution is -2.46. The molecule has 3 aromatic heterocycles. The van der Waals surface area contributed by atoms with Crippen molar-refractivity contribution in [3.63, 3.8) is 0 Å². The summed E-state index contributed by atoms with van der Waals surface area (Å²) < 4.78 is 7.21. The first-order chi connectivity index (χ1) is 17.8. The summed E-state index contributed by atoms with van der Waals surface area (Å²) >= 11 is 0. The van der Waals surface area contributed by atoms with E-state index in [4.69, 9.17) is 16.2 Å². The van der Waals surface area contributed by atoms with Crippen LogP contribution in [0.3, 0.4) is 0 Å². The van der Waals surface area contributed by atoms with Crippen LogP contribution >= 0.6 is 0 Å². The highest BCUT2D eigenvalue weighted by molar-refractivity contribution is 6.00. The molecule has 184 valence electrons. The van der Waals surface area contributed by atoms with Gasteiger partial charge in [-0.25, -0.2) is 9.53 Å². The van der Waals surface area contributed by atoms with E-state index >= 15 is 0 Å². The maximum absolute atomic E-state index is 12.9. The van der Waals surface area contributed by atoms with Crippen LogP contribution in [0.15, 0.2) is 52.8 Å². The Labute approximate surface area is 214 Å². The quantitative estimate of drug-likeness (QED) is 0.378. The zero-order valence-corrected chi connectivity index (χ0v) is 21.1. The van der Waals surface area contributed by atoms with Gasteiger partial charge in [0.05, 0.1) is 29.8 Å². The zero-order valence-electron chi connectivity index (χ0n) is 21.1. The van der Waals surface area contributed by atoms with Crippen LogP contribution < -0.4 is 0 Å². The summed E-state index contributed by atoms with van der Waals surface area (Å²) in [6.45, 7) is 15.4. The van der Waals surface area contributed by atoms with Crippen LogP contribution in [0.5, 0.6) is 0 Å². The lowest BCUT2D eigenvalue weighted by molar-refractivity contribution is -0.121. The molecule has 0 N–H and O–H groups in total. The SMILES string of the molecule is [C-]#[N+]C1=C[C@@]2(C)c3c(c(-c4noc(C)n4)nn3-c3ccc(-c4cnnc(C)c4)cc3)CC[C@@H]2[C@@H](C)C1=O. The highest BCUT2D eigenvalue weighted by Gasteiger charge is 2.51. The maximum atomic E-state index is 12.9. The number of hydrogen-bond donors (Lipinski definition) is 0. The van der Waals surface area contributed by atoms with Gasteiger partial charge >= 0.3 is 0 Å². The van der Waals surface area contributed by atoms with Crippen LogP contribution in [0.25, 0.3) is 33.2 Å². The van der Waals surface area contributed by atoms with E-state index in [2.05, 4.69) is 32.1 Å². The molecule has 0 amide bonds. The number of carbonyl (C=O) groups excluding carboxylic acids is 1. The Morgan fingerprint density at radius 3 is 2.65 bits per heavy atom. The number of hydrogen-bond acceptors (Lipinski definition) is 7. The van der Waals surface area contributed by atoms with E-state index in [1.807, 2.05) is 54.9 Å². The molecule has 0 unspecified atom stereocenters. The van der Waals surface area contributed by atoms with E-state index in [-0.39, 0.29) is 23.3 Å². The van der Waals surface area contributed by atoms with Crippen LogP contribution in [-0.4, -0.2) is 35.9 Å². The minimum Gasteiger partial charge on any atom is -0.339 e. The third-order valence-electron chi connectivity index (χ3n) is 7.76. The molecular weight excluding hydrogens is 466 g/mol. The monoisotopic (exact) mass is 491 g/mol. The van der Waals surface area contributed by atoms with E-state index in [1.54, 1.807) is 13.1 Å². The molecule has 6 rings (SSSR count). The van der Waals surface area contributed by atoms with Crippen LogP contribution in [0.4, 0.5) is 0 Å². The third-order valence-corrected chi connectivity index (χ3v) is 7.76. The van der Waals surface area contributed by atoms with Gasteiger partial charge in [-0.05, 0) is 49.4 Å². The number of allylic oxidation sites excluding steroid dienone is 2. The number of Topliss-reactive ketones (excluding diaryl/α,β-unsaturated/α-hetero) is 1. The number of benzene rings is 1. The molecule has 0 aliphatic heterocycles. The summed E-state index contributed by atoms with van der Waals surface area (Å²) in [5.41, 5.74) is 6.03. The number of fused-ring (bicyclic) bond motifs is 3. The number of aryl methyl sites for hydroxylation is 2. The second-order valence-electron chi connectivity index (χ2n) is 10.1. The number of aromatic nitrogens is 6. The largest absolute Gasteiger partial charge is 0.339 e. The number of nitrogens with zero attached hydrogens (tertiary/aromatic N) is 7. The number of ketones is 1. The molecule has 2 aliphatic carbocycles. The average Bonchev–Trinajstić information content (AvgIpc) is 3.50. The van der Waals surface area contributed by atoms with Gasteiger partial charge in [-0.2, -0.15) is 20.3 Å². The predicted octanol–water partition coefficient (Wildman–Crippen LogP) is 4.84. The van der Waals surface area contributed by atoms with Crippen LogP contribution in [-0.2, 0) is 16.6 Å². The molecule has 0 fully saturated rings. The molecule has 0 radical (unpaired) electrons. The molecule has 0 saturated carbocycles. The van der Waals surface area contributed by atoms with E-state index < -0.39 is 5.41 Å². The molecule has 37 heavy (non-hydrogen) atoms. The highest BCUT2D eigenvalue weighted by Crippen LogP contribution is 2.52. The summed E-state index contributed by atoms with van der Waals surface area (Å²) in [5, 5.41) is 17.3. The molecule has 3 heterocycles. The summed E-state index contributed by atoms with van der Waals surface area (Å²) in [6.07, 6.45) is 5.14. The van der Waals surface area contributed by atoms with Crippen molar-refractivity contribution in [2.45, 2.75) is 46.0 Å². The van der Waals surface area contributed by atoms with Gasteiger partial charge in [-0.15, -0.1) is 0 Å². The predicted molar refractivity (Wildman–Crippen MR) is 135 cm³/mol. The Morgan fingerprint density at radius 1 is 1.19 bits per heavy atom. The van der Waals surface area contributed by atoms with Crippen LogP contribution in [0, 0.1) is 32.3 Å². The lowest BCUT2D eigenvalue weighted by Gasteiger charge is -2.45. The molecule has 0 spiro atoms. The number of carbonyl (C=O) groups is 1. The van der Waals surface area contributed by atoms with Crippen molar-refractivity contribution >= 4 is 5.78 Å². The smallest absolute Gasteiger partial charge is 0.226 e. The first-order valence-electron chi connectivity index (χ1n) is 12.3. The molecule has 3 atom stereocenters. The van der Waals surface area contributed by atoms with Crippen molar-refractivity contribution < 1.29 is 9.32 Å². The molecule has 0 bridgehead atoms. The Hall–Kier alpha value is -4.45. The van der Waals surface area contributed by atoms with Gasteiger partial charge in [0.2, 0.25) is 17.4 Å². The van der Waals surface area contributed by atoms with Gasteiger partial charge < -0.3 is 9.32 Å². The van der Waals surface area contributed by atoms with Gasteiger partial charge in [0.25, 0.3) is 0 Å². The van der Waals surface area contributed by atoms with Crippen molar-refractivity contribution in [1.29, 1.82) is 0 Å². The van der Waals surface area contributed by atoms with Crippen molar-refractivity contribution in [3.05, 3.63) is 82.6 Å². The normalized spacial score (nSPS) is 22.7. The summed E-state index contributed by atoms with van der Waals surface area (Å²) in [4.78, 5) is 21.0. The molecule has 1 aromatic carbocycles. The topological polar surface area (TPSA) is 104 Å². The van der Waals surface area contributed by atoms with Crippen LogP contribution in [0.2, 0.25) is 0 Å². The first-order valence-corrected chi connectivity index (χ1v) is 12.3. The highest BCUT2D eigenvalue weighted by atomic mass is 16.5. The fraction of sp³-hybridized carbons (Fsp3) is 0.321. The Balaban J connectivity index is 1.56. The van der Waals surface area contributed by atoms with Crippen molar-refractivity contribution in [1.82, 2.24) is 30.1 Å². The molecule has 4 aromatic rings. The first kappa shape index (κ1) is 23.0. The minimum atomic E-state index is -0.560. The lowest BCUT2D eigenvalue weighted by atomic mass is 9.58. The molecule has 0 saturated heterocycles. The van der Waals surface area contributed by atoms with Crippen molar-refractivity contribution in [2.75, 3.05) is 0 Å². The van der Waals surface area contributed by atoms with E-state index in [0.29, 0.717) is 17.4 Å². The second-order valence-corrected chi connectivity index (χ2v) is 10.1. The molecule has 2 aliphatic rings. The van der Waals surface area contributed by atoms with Gasteiger partial charge in [-0.1, -0.05) is 37.2 Å². The second kappa shape index (κ2) is 8.30. The zero-order chi connectivity index (χ0) is 25.9. The molecule has 9 heteroatoms. The van der Waals surface area contributed by atoms with Gasteiger partial charge in [0.1, 0.15) is 5.69 Å².